The van der Waals surface area contributed by atoms with Gasteiger partial charge in [-0.25, -0.2) is 0 Å². The van der Waals surface area contributed by atoms with Crippen molar-refractivity contribution < 1.29 is 19.7 Å². The van der Waals surface area contributed by atoms with Gasteiger partial charge < -0.3 is 14.9 Å². The van der Waals surface area contributed by atoms with E-state index in [0.717, 1.165) is 44.9 Å². The molecule has 3 aliphatic rings. The molecule has 3 aliphatic carbocycles. The smallest absolute Gasteiger partial charge is 0.312 e. The fourth-order valence-electron chi connectivity index (χ4n) is 5.95. The van der Waals surface area contributed by atoms with E-state index in [-0.39, 0.29) is 30.5 Å². The molecule has 0 amide bonds. The van der Waals surface area contributed by atoms with E-state index >= 15 is 0 Å². The number of rotatable bonds is 5. The molecular weight excluding hydrogens is 340 g/mol. The van der Waals surface area contributed by atoms with E-state index in [1.165, 1.54) is 5.57 Å². The second-order valence-electron chi connectivity index (χ2n) is 9.59. The molecule has 0 radical (unpaired) electrons. The van der Waals surface area contributed by atoms with Crippen molar-refractivity contribution in [2.45, 2.75) is 78.7 Å². The van der Waals surface area contributed by atoms with Crippen molar-refractivity contribution in [2.24, 2.45) is 22.7 Å². The summed E-state index contributed by atoms with van der Waals surface area (Å²) in [6, 6.07) is 0. The van der Waals surface area contributed by atoms with Gasteiger partial charge in [0.2, 0.25) is 0 Å². The van der Waals surface area contributed by atoms with Crippen LogP contribution in [0.25, 0.3) is 0 Å². The minimum Gasteiger partial charge on any atom is -0.462 e. The average molecular weight is 377 g/mol. The Bertz CT molecular complexity index is 647. The van der Waals surface area contributed by atoms with Gasteiger partial charge in [0.15, 0.2) is 0 Å². The number of fused-ring (bicyclic) bond motifs is 2. The largest absolute Gasteiger partial charge is 0.462 e. The predicted molar refractivity (Wildman–Crippen MR) is 106 cm³/mol. The molecule has 1 fully saturated rings. The Hall–Kier alpha value is -1.13. The fraction of sp³-hybridized carbons (Fsp3) is 0.783. The van der Waals surface area contributed by atoms with Crippen molar-refractivity contribution >= 4 is 5.97 Å². The number of aliphatic hydroxyl groups is 2. The van der Waals surface area contributed by atoms with Gasteiger partial charge in [-0.3, -0.25) is 4.79 Å². The lowest BCUT2D eigenvalue weighted by atomic mass is 9.48. The molecule has 4 nitrogen and oxygen atoms in total. The number of hydrogen-bond donors (Lipinski definition) is 2. The third-order valence-corrected chi connectivity index (χ3v) is 7.56. The third-order valence-electron chi connectivity index (χ3n) is 7.56. The van der Waals surface area contributed by atoms with Crippen molar-refractivity contribution in [3.8, 4) is 0 Å². The first-order chi connectivity index (χ1) is 12.7. The Morgan fingerprint density at radius 3 is 2.67 bits per heavy atom. The maximum atomic E-state index is 13.0. The van der Waals surface area contributed by atoms with Crippen LogP contribution in [0.2, 0.25) is 0 Å². The average Bonchev–Trinajstić information content (AvgIpc) is 2.65. The summed E-state index contributed by atoms with van der Waals surface area (Å²) in [4.78, 5) is 13.0. The van der Waals surface area contributed by atoms with Crippen molar-refractivity contribution in [2.75, 3.05) is 13.2 Å². The van der Waals surface area contributed by atoms with E-state index in [2.05, 4.69) is 33.8 Å². The number of esters is 1. The standard InChI is InChI=1S/C23H36O4/c1-15(2)16-6-8-19-17(12-16)7-9-20-22(19,3)10-5-11-23(20,4)21(26)27-14-18(25)13-24/h12,15,18,20,24-25H,5-11,13-14H2,1-4H3/t18?,20-,22-,23-/m1/s1. The Balaban J connectivity index is 1.87. The summed E-state index contributed by atoms with van der Waals surface area (Å²) >= 11 is 0. The Kier molecular flexibility index (Phi) is 5.88. The maximum absolute atomic E-state index is 13.0. The molecule has 0 saturated heterocycles. The monoisotopic (exact) mass is 376 g/mol. The number of aliphatic hydroxyl groups excluding tert-OH is 2. The molecule has 3 rings (SSSR count). The van der Waals surface area contributed by atoms with Crippen LogP contribution in [0.15, 0.2) is 22.8 Å². The number of carbonyl (C=O) groups excluding carboxylic acids is 1. The normalized spacial score (nSPS) is 34.6. The quantitative estimate of drug-likeness (QED) is 0.707. The highest BCUT2D eigenvalue weighted by Gasteiger charge is 2.56. The van der Waals surface area contributed by atoms with Gasteiger partial charge >= 0.3 is 5.97 Å². The summed E-state index contributed by atoms with van der Waals surface area (Å²) in [5.74, 6) is 0.684. The Labute approximate surface area is 163 Å². The van der Waals surface area contributed by atoms with E-state index in [1.54, 1.807) is 11.1 Å². The molecule has 0 aromatic rings. The molecule has 152 valence electrons. The highest BCUT2D eigenvalue weighted by molar-refractivity contribution is 5.77. The molecule has 1 saturated carbocycles. The molecule has 0 aromatic heterocycles. The SMILES string of the molecule is CC(C)C1=CC2=C(CC1)[C@@]1(C)CCC[C@@](C)(C(=O)OCC(O)CO)[C@@H]1CC2. The van der Waals surface area contributed by atoms with Crippen LogP contribution in [0, 0.1) is 22.7 Å². The molecule has 0 aromatic carbocycles. The van der Waals surface area contributed by atoms with Crippen molar-refractivity contribution in [3.05, 3.63) is 22.8 Å². The zero-order valence-electron chi connectivity index (χ0n) is 17.4. The first-order valence-electron chi connectivity index (χ1n) is 10.6. The summed E-state index contributed by atoms with van der Waals surface area (Å²) in [7, 11) is 0. The van der Waals surface area contributed by atoms with Gasteiger partial charge in [0.05, 0.1) is 12.0 Å². The lowest BCUT2D eigenvalue weighted by Gasteiger charge is -2.55. The molecule has 4 heteroatoms. The van der Waals surface area contributed by atoms with Gasteiger partial charge in [-0.05, 0) is 68.3 Å². The van der Waals surface area contributed by atoms with Gasteiger partial charge in [-0.15, -0.1) is 0 Å². The predicted octanol–water partition coefficient (Wildman–Crippen LogP) is 4.16. The lowest BCUT2D eigenvalue weighted by Crippen LogP contribution is -2.51. The topological polar surface area (TPSA) is 66.8 Å². The summed E-state index contributed by atoms with van der Waals surface area (Å²) in [6.45, 7) is 8.48. The van der Waals surface area contributed by atoms with Gasteiger partial charge in [0.25, 0.3) is 0 Å². The number of allylic oxidation sites excluding steroid dienone is 4. The Morgan fingerprint density at radius 1 is 1.26 bits per heavy atom. The summed E-state index contributed by atoms with van der Waals surface area (Å²) in [6.07, 6.45) is 8.81. The van der Waals surface area contributed by atoms with Crippen LogP contribution in [-0.2, 0) is 9.53 Å². The van der Waals surface area contributed by atoms with Crippen LogP contribution in [0.4, 0.5) is 0 Å². The molecule has 0 spiro atoms. The summed E-state index contributed by atoms with van der Waals surface area (Å²) in [5.41, 5.74) is 4.22. The van der Waals surface area contributed by atoms with Crippen molar-refractivity contribution in [1.29, 1.82) is 0 Å². The third kappa shape index (κ3) is 3.63. The molecule has 27 heavy (non-hydrogen) atoms. The first kappa shape index (κ1) is 20.6. The van der Waals surface area contributed by atoms with Gasteiger partial charge in [-0.2, -0.15) is 0 Å². The van der Waals surface area contributed by atoms with Gasteiger partial charge in [0.1, 0.15) is 12.7 Å². The van der Waals surface area contributed by atoms with Crippen LogP contribution in [0.3, 0.4) is 0 Å². The minimum absolute atomic E-state index is 0.0637. The number of carbonyl (C=O) groups is 1. The number of hydrogen-bond acceptors (Lipinski definition) is 4. The van der Waals surface area contributed by atoms with E-state index in [4.69, 9.17) is 9.84 Å². The van der Waals surface area contributed by atoms with Crippen LogP contribution < -0.4 is 0 Å². The van der Waals surface area contributed by atoms with Crippen LogP contribution in [0.5, 0.6) is 0 Å². The first-order valence-corrected chi connectivity index (χ1v) is 10.6. The second kappa shape index (κ2) is 7.71. The summed E-state index contributed by atoms with van der Waals surface area (Å²) < 4.78 is 5.44. The van der Waals surface area contributed by atoms with Gasteiger partial charge in [0, 0.05) is 0 Å². The van der Waals surface area contributed by atoms with E-state index in [0.29, 0.717) is 5.92 Å². The molecule has 2 N–H and O–H groups in total. The van der Waals surface area contributed by atoms with E-state index in [1.807, 2.05) is 0 Å². The Morgan fingerprint density at radius 2 is 2.00 bits per heavy atom. The van der Waals surface area contributed by atoms with E-state index < -0.39 is 11.5 Å². The van der Waals surface area contributed by atoms with Crippen molar-refractivity contribution in [1.82, 2.24) is 0 Å². The summed E-state index contributed by atoms with van der Waals surface area (Å²) in [5, 5.41) is 18.5. The zero-order chi connectivity index (χ0) is 19.8. The van der Waals surface area contributed by atoms with Crippen LogP contribution >= 0.6 is 0 Å². The van der Waals surface area contributed by atoms with E-state index in [9.17, 15) is 9.90 Å². The highest BCUT2D eigenvalue weighted by atomic mass is 16.5. The molecule has 0 bridgehead atoms. The minimum atomic E-state index is -0.994. The fourth-order valence-corrected chi connectivity index (χ4v) is 5.95. The molecular formula is C23H36O4. The van der Waals surface area contributed by atoms with Crippen molar-refractivity contribution in [3.63, 3.8) is 0 Å². The van der Waals surface area contributed by atoms with Crippen LogP contribution in [0.1, 0.15) is 72.6 Å². The molecule has 4 atom stereocenters. The van der Waals surface area contributed by atoms with Crippen LogP contribution in [-0.4, -0.2) is 35.5 Å². The second-order valence-corrected chi connectivity index (χ2v) is 9.59. The molecule has 1 unspecified atom stereocenters. The zero-order valence-corrected chi connectivity index (χ0v) is 17.4. The molecule has 0 heterocycles. The highest BCUT2D eigenvalue weighted by Crippen LogP contribution is 2.61. The van der Waals surface area contributed by atoms with Gasteiger partial charge in [-0.1, -0.05) is 44.4 Å². The lowest BCUT2D eigenvalue weighted by molar-refractivity contribution is -0.169. The molecule has 0 aliphatic heterocycles. The number of ether oxygens (including phenoxy) is 1. The maximum Gasteiger partial charge on any atom is 0.312 e.